The molecule has 1 heterocycles. The number of allylic oxidation sites excluding steroid dienone is 1. The zero-order chi connectivity index (χ0) is 8.27. The Morgan fingerprint density at radius 3 is 2.82 bits per heavy atom. The first-order valence-corrected chi connectivity index (χ1v) is 4.14. The third-order valence-corrected chi connectivity index (χ3v) is 2.19. The van der Waals surface area contributed by atoms with E-state index in [1.54, 1.807) is 6.20 Å². The van der Waals surface area contributed by atoms with Gasteiger partial charge in [-0.25, -0.2) is 0 Å². The van der Waals surface area contributed by atoms with Gasteiger partial charge in [0.2, 0.25) is 0 Å². The van der Waals surface area contributed by atoms with Crippen LogP contribution < -0.4 is 0 Å². The van der Waals surface area contributed by atoms with Crippen molar-refractivity contribution in [2.45, 2.75) is 12.8 Å². The second kappa shape index (κ2) is 3.64. The molecule has 0 amide bonds. The minimum Gasteiger partial charge on any atom is -0.261 e. The van der Waals surface area contributed by atoms with E-state index in [1.807, 2.05) is 18.2 Å². The van der Waals surface area contributed by atoms with Crippen LogP contribution in [-0.4, -0.2) is 4.98 Å². The van der Waals surface area contributed by atoms with E-state index in [0.717, 1.165) is 11.0 Å². The fraction of sp³-hybridized carbons (Fsp3) is 0.222. The van der Waals surface area contributed by atoms with E-state index in [4.69, 9.17) is 0 Å². The molecule has 2 heteroatoms. The number of hydrogen-bond acceptors (Lipinski definition) is 1. The van der Waals surface area contributed by atoms with Gasteiger partial charge in [0.05, 0.1) is 0 Å². The Morgan fingerprint density at radius 1 is 1.64 bits per heavy atom. The lowest BCUT2D eigenvalue weighted by atomic mass is 10.1. The number of pyridine rings is 1. The highest BCUT2D eigenvalue weighted by Gasteiger charge is 2.05. The van der Waals surface area contributed by atoms with Crippen molar-refractivity contribution in [1.29, 1.82) is 0 Å². The van der Waals surface area contributed by atoms with Gasteiger partial charge in [0.15, 0.2) is 0 Å². The zero-order valence-electron chi connectivity index (χ0n) is 6.62. The Kier molecular flexibility index (Phi) is 2.78. The third-order valence-electron chi connectivity index (χ3n) is 1.69. The fourth-order valence-corrected chi connectivity index (χ4v) is 0.993. The highest BCUT2D eigenvalue weighted by Crippen LogP contribution is 2.24. The van der Waals surface area contributed by atoms with Crippen LogP contribution in [0.25, 0.3) is 0 Å². The van der Waals surface area contributed by atoms with Crippen molar-refractivity contribution < 1.29 is 0 Å². The van der Waals surface area contributed by atoms with Gasteiger partial charge in [-0.1, -0.05) is 24.9 Å². The molecule has 0 fully saturated rings. The first-order chi connectivity index (χ1) is 5.22. The Labute approximate surface area is 69.8 Å². The molecule has 0 aromatic carbocycles. The van der Waals surface area contributed by atoms with Crippen LogP contribution in [0.1, 0.15) is 18.5 Å². The van der Waals surface area contributed by atoms with Crippen molar-refractivity contribution in [3.05, 3.63) is 42.0 Å². The molecule has 0 bridgehead atoms. The standard InChI is InChI=1S/C9H12NP/c1-7(8(2)11)9-5-3-4-6-10-9/h3-7H,2,11H2,1H3. The van der Waals surface area contributed by atoms with Crippen molar-refractivity contribution in [2.24, 2.45) is 0 Å². The van der Waals surface area contributed by atoms with E-state index in [2.05, 4.69) is 27.7 Å². The largest absolute Gasteiger partial charge is 0.261 e. The molecule has 11 heavy (non-hydrogen) atoms. The predicted octanol–water partition coefficient (Wildman–Crippen LogP) is 2.57. The number of rotatable bonds is 2. The van der Waals surface area contributed by atoms with E-state index >= 15 is 0 Å². The van der Waals surface area contributed by atoms with Crippen LogP contribution in [0.4, 0.5) is 0 Å². The van der Waals surface area contributed by atoms with E-state index < -0.39 is 0 Å². The summed E-state index contributed by atoms with van der Waals surface area (Å²) in [6, 6.07) is 5.92. The molecule has 0 aliphatic carbocycles. The maximum absolute atomic E-state index is 4.23. The first-order valence-electron chi connectivity index (χ1n) is 3.57. The third kappa shape index (κ3) is 2.13. The zero-order valence-corrected chi connectivity index (χ0v) is 7.77. The summed E-state index contributed by atoms with van der Waals surface area (Å²) in [5.74, 6) is 0.334. The minimum absolute atomic E-state index is 0.334. The molecule has 1 aromatic rings. The molecule has 2 atom stereocenters. The quantitative estimate of drug-likeness (QED) is 0.614. The molecule has 1 rings (SSSR count). The van der Waals surface area contributed by atoms with Crippen molar-refractivity contribution in [2.75, 3.05) is 0 Å². The SMILES string of the molecule is C=C(P)C(C)c1ccccn1. The highest BCUT2D eigenvalue weighted by molar-refractivity contribution is 7.22. The number of aromatic nitrogens is 1. The van der Waals surface area contributed by atoms with Crippen LogP contribution in [0.3, 0.4) is 0 Å². The maximum atomic E-state index is 4.23. The topological polar surface area (TPSA) is 12.9 Å². The maximum Gasteiger partial charge on any atom is 0.0475 e. The molecule has 1 nitrogen and oxygen atoms in total. The van der Waals surface area contributed by atoms with Gasteiger partial charge in [0, 0.05) is 17.8 Å². The Hall–Kier alpha value is -0.680. The average Bonchev–Trinajstić information content (AvgIpc) is 2.05. The molecular formula is C9H12NP. The van der Waals surface area contributed by atoms with Crippen LogP contribution in [0.2, 0.25) is 0 Å². The predicted molar refractivity (Wildman–Crippen MR) is 51.5 cm³/mol. The lowest BCUT2D eigenvalue weighted by molar-refractivity contribution is 0.897. The van der Waals surface area contributed by atoms with Crippen LogP contribution in [-0.2, 0) is 0 Å². The Morgan fingerprint density at radius 2 is 2.36 bits per heavy atom. The average molecular weight is 165 g/mol. The van der Waals surface area contributed by atoms with E-state index in [-0.39, 0.29) is 0 Å². The molecule has 0 aliphatic heterocycles. The van der Waals surface area contributed by atoms with E-state index in [0.29, 0.717) is 5.92 Å². The normalized spacial score (nSPS) is 12.5. The molecule has 2 unspecified atom stereocenters. The number of hydrogen-bond donors (Lipinski definition) is 0. The van der Waals surface area contributed by atoms with Crippen LogP contribution in [0.15, 0.2) is 36.3 Å². The van der Waals surface area contributed by atoms with Crippen molar-refractivity contribution >= 4 is 9.24 Å². The molecule has 0 aliphatic rings. The summed E-state index contributed by atoms with van der Waals surface area (Å²) in [7, 11) is 2.61. The monoisotopic (exact) mass is 165 g/mol. The van der Waals surface area contributed by atoms with Crippen molar-refractivity contribution in [3.8, 4) is 0 Å². The van der Waals surface area contributed by atoms with Crippen molar-refractivity contribution in [3.63, 3.8) is 0 Å². The molecule has 0 N–H and O–H groups in total. The molecule has 0 spiro atoms. The smallest absolute Gasteiger partial charge is 0.0475 e. The summed E-state index contributed by atoms with van der Waals surface area (Å²) in [6.45, 7) is 5.95. The fourth-order valence-electron chi connectivity index (χ4n) is 0.822. The van der Waals surface area contributed by atoms with E-state index in [1.165, 1.54) is 0 Å². The summed E-state index contributed by atoms with van der Waals surface area (Å²) < 4.78 is 0. The minimum atomic E-state index is 0.334. The van der Waals surface area contributed by atoms with Crippen LogP contribution in [0, 0.1) is 0 Å². The molecule has 0 saturated carbocycles. The van der Waals surface area contributed by atoms with Gasteiger partial charge in [0.1, 0.15) is 0 Å². The van der Waals surface area contributed by atoms with Gasteiger partial charge in [-0.05, 0) is 12.1 Å². The van der Waals surface area contributed by atoms with Gasteiger partial charge in [-0.2, -0.15) is 0 Å². The number of nitrogens with zero attached hydrogens (tertiary/aromatic N) is 1. The molecule has 0 saturated heterocycles. The first kappa shape index (κ1) is 8.42. The summed E-state index contributed by atoms with van der Waals surface area (Å²) in [5, 5.41) is 1.07. The summed E-state index contributed by atoms with van der Waals surface area (Å²) >= 11 is 0. The second-order valence-corrected chi connectivity index (χ2v) is 3.29. The lowest BCUT2D eigenvalue weighted by Crippen LogP contribution is -1.94. The van der Waals surface area contributed by atoms with Gasteiger partial charge in [0.25, 0.3) is 0 Å². The summed E-state index contributed by atoms with van der Waals surface area (Å²) in [4.78, 5) is 4.23. The Balaban J connectivity index is 2.85. The summed E-state index contributed by atoms with van der Waals surface area (Å²) in [6.07, 6.45) is 1.80. The highest BCUT2D eigenvalue weighted by atomic mass is 31.0. The lowest BCUT2D eigenvalue weighted by Gasteiger charge is -2.08. The van der Waals surface area contributed by atoms with Gasteiger partial charge in [-0.15, -0.1) is 9.24 Å². The second-order valence-electron chi connectivity index (χ2n) is 2.55. The van der Waals surface area contributed by atoms with Gasteiger partial charge in [-0.3, -0.25) is 4.98 Å². The molecule has 1 aromatic heterocycles. The van der Waals surface area contributed by atoms with Crippen LogP contribution in [0.5, 0.6) is 0 Å². The van der Waals surface area contributed by atoms with Gasteiger partial charge >= 0.3 is 0 Å². The van der Waals surface area contributed by atoms with E-state index in [9.17, 15) is 0 Å². The molecular weight excluding hydrogens is 153 g/mol. The summed E-state index contributed by atoms with van der Waals surface area (Å²) in [5.41, 5.74) is 1.08. The Bertz CT molecular complexity index is 243. The van der Waals surface area contributed by atoms with Crippen molar-refractivity contribution in [1.82, 2.24) is 4.98 Å². The van der Waals surface area contributed by atoms with Crippen LogP contribution >= 0.6 is 9.24 Å². The van der Waals surface area contributed by atoms with Gasteiger partial charge < -0.3 is 0 Å². The molecule has 0 radical (unpaired) electrons. The molecule has 58 valence electrons.